The minimum absolute atomic E-state index is 0.00620. The van der Waals surface area contributed by atoms with E-state index in [1.807, 2.05) is 24.3 Å². The molecule has 3 rings (SSSR count). The molecular weight excluding hydrogens is 552 g/mol. The summed E-state index contributed by atoms with van der Waals surface area (Å²) in [5, 5.41) is 28.3. The number of aliphatic carboxylic acids is 1. The third-order valence-electron chi connectivity index (χ3n) is 7.32. The minimum atomic E-state index is -1.20. The van der Waals surface area contributed by atoms with E-state index in [0.717, 1.165) is 16.5 Å². The molecule has 4 unspecified atom stereocenters. The van der Waals surface area contributed by atoms with E-state index in [4.69, 9.17) is 11.5 Å². The second-order valence-electron chi connectivity index (χ2n) is 11.0. The van der Waals surface area contributed by atoms with Crippen LogP contribution in [0.25, 0.3) is 10.9 Å². The largest absolute Gasteiger partial charge is 0.508 e. The summed E-state index contributed by atoms with van der Waals surface area (Å²) in [6.45, 7) is 3.98. The standard InChI is InChI=1S/C31H42N6O6/c1-18(2)27(33)30(41)37-26(16-20-17-34-23-8-4-3-7-22(20)23)29(40)36-25(15-19-10-12-21(38)13-11-19)28(39)35-24(31(42)43)9-5-6-14-32/h3-4,7-8,10-13,17-18,24-27,34,38H,5-6,9,14-16,32-33H2,1-2H3,(H,35,39)(H,36,40)(H,37,41)(H,42,43). The van der Waals surface area contributed by atoms with Crippen molar-refractivity contribution in [3.05, 3.63) is 65.9 Å². The van der Waals surface area contributed by atoms with Gasteiger partial charge in [0.1, 0.15) is 23.9 Å². The lowest BCUT2D eigenvalue weighted by molar-refractivity contribution is -0.142. The SMILES string of the molecule is CC(C)C(N)C(=O)NC(Cc1c[nH]c2ccccc12)C(=O)NC(Cc1ccc(O)cc1)C(=O)NC(CCCCN)C(=O)O. The first-order chi connectivity index (χ1) is 20.5. The Labute approximate surface area is 250 Å². The average molecular weight is 595 g/mol. The van der Waals surface area contributed by atoms with Gasteiger partial charge in [0, 0.05) is 29.9 Å². The Morgan fingerprint density at radius 2 is 1.44 bits per heavy atom. The lowest BCUT2D eigenvalue weighted by atomic mass is 10.00. The van der Waals surface area contributed by atoms with Crippen LogP contribution >= 0.6 is 0 Å². The van der Waals surface area contributed by atoms with Crippen LogP contribution in [0.1, 0.15) is 44.2 Å². The molecule has 4 atom stereocenters. The monoisotopic (exact) mass is 594 g/mol. The highest BCUT2D eigenvalue weighted by molar-refractivity contribution is 5.95. The van der Waals surface area contributed by atoms with E-state index in [-0.39, 0.29) is 30.9 Å². The van der Waals surface area contributed by atoms with Crippen LogP contribution in [0.4, 0.5) is 0 Å². The zero-order valence-electron chi connectivity index (χ0n) is 24.5. The molecule has 1 aromatic heterocycles. The normalized spacial score (nSPS) is 14.1. The van der Waals surface area contributed by atoms with Gasteiger partial charge in [-0.25, -0.2) is 4.79 Å². The molecule has 1 heterocycles. The van der Waals surface area contributed by atoms with E-state index in [0.29, 0.717) is 24.9 Å². The number of benzene rings is 2. The number of hydrogen-bond donors (Lipinski definition) is 8. The molecule has 0 aliphatic carbocycles. The van der Waals surface area contributed by atoms with Crippen molar-refractivity contribution in [3.8, 4) is 5.75 Å². The molecule has 12 nitrogen and oxygen atoms in total. The van der Waals surface area contributed by atoms with Crippen molar-refractivity contribution < 1.29 is 29.4 Å². The number of nitrogens with two attached hydrogens (primary N) is 2. The Hall–Kier alpha value is -4.42. The topological polar surface area (TPSA) is 213 Å². The molecule has 10 N–H and O–H groups in total. The quantitative estimate of drug-likeness (QED) is 0.113. The van der Waals surface area contributed by atoms with Gasteiger partial charge >= 0.3 is 5.97 Å². The highest BCUT2D eigenvalue weighted by Crippen LogP contribution is 2.20. The zero-order chi connectivity index (χ0) is 31.5. The maximum absolute atomic E-state index is 13.8. The summed E-state index contributed by atoms with van der Waals surface area (Å²) in [7, 11) is 0. The van der Waals surface area contributed by atoms with Gasteiger partial charge in [0.15, 0.2) is 0 Å². The minimum Gasteiger partial charge on any atom is -0.508 e. The predicted molar refractivity (Wildman–Crippen MR) is 163 cm³/mol. The summed E-state index contributed by atoms with van der Waals surface area (Å²) in [5.41, 5.74) is 13.9. The van der Waals surface area contributed by atoms with Crippen LogP contribution in [0.2, 0.25) is 0 Å². The second-order valence-corrected chi connectivity index (χ2v) is 11.0. The van der Waals surface area contributed by atoms with E-state index in [1.54, 1.807) is 32.2 Å². The van der Waals surface area contributed by atoms with Crippen LogP contribution in [-0.4, -0.2) is 69.6 Å². The number of fused-ring (bicyclic) bond motifs is 1. The fraction of sp³-hybridized carbons (Fsp3) is 0.419. The molecular formula is C31H42N6O6. The number of unbranched alkanes of at least 4 members (excludes halogenated alkanes) is 1. The van der Waals surface area contributed by atoms with Gasteiger partial charge in [-0.15, -0.1) is 0 Å². The molecule has 3 amide bonds. The summed E-state index contributed by atoms with van der Waals surface area (Å²) in [6.07, 6.45) is 3.14. The molecule has 0 saturated heterocycles. The van der Waals surface area contributed by atoms with Crippen LogP contribution in [0, 0.1) is 5.92 Å². The number of aromatic nitrogens is 1. The van der Waals surface area contributed by atoms with Crippen LogP contribution in [0.3, 0.4) is 0 Å². The van der Waals surface area contributed by atoms with E-state index in [9.17, 15) is 29.4 Å². The second kappa shape index (κ2) is 15.7. The third-order valence-corrected chi connectivity index (χ3v) is 7.32. The van der Waals surface area contributed by atoms with Crippen LogP contribution in [0.5, 0.6) is 5.75 Å². The number of rotatable bonds is 16. The van der Waals surface area contributed by atoms with E-state index in [1.165, 1.54) is 12.1 Å². The molecule has 0 saturated carbocycles. The van der Waals surface area contributed by atoms with Gasteiger partial charge in [-0.05, 0) is 61.1 Å². The van der Waals surface area contributed by atoms with Crippen molar-refractivity contribution in [1.82, 2.24) is 20.9 Å². The molecule has 0 fully saturated rings. The van der Waals surface area contributed by atoms with Gasteiger partial charge < -0.3 is 42.6 Å². The number of phenolic OH excluding ortho intramolecular Hbond substituents is 1. The molecule has 232 valence electrons. The fourth-order valence-electron chi connectivity index (χ4n) is 4.67. The third kappa shape index (κ3) is 9.55. The Morgan fingerprint density at radius 1 is 0.837 bits per heavy atom. The van der Waals surface area contributed by atoms with Crippen molar-refractivity contribution in [2.24, 2.45) is 17.4 Å². The molecule has 0 bridgehead atoms. The Bertz CT molecular complexity index is 1390. The molecule has 43 heavy (non-hydrogen) atoms. The number of nitrogens with one attached hydrogen (secondary N) is 4. The number of aromatic hydroxyl groups is 1. The van der Waals surface area contributed by atoms with Crippen molar-refractivity contribution in [3.63, 3.8) is 0 Å². The smallest absolute Gasteiger partial charge is 0.326 e. The zero-order valence-corrected chi connectivity index (χ0v) is 24.5. The number of amides is 3. The number of carboxylic acids is 1. The van der Waals surface area contributed by atoms with Gasteiger partial charge in [-0.1, -0.05) is 44.2 Å². The van der Waals surface area contributed by atoms with Gasteiger partial charge in [-0.3, -0.25) is 14.4 Å². The van der Waals surface area contributed by atoms with Gasteiger partial charge in [0.05, 0.1) is 6.04 Å². The summed E-state index contributed by atoms with van der Waals surface area (Å²) in [6, 6.07) is 9.33. The molecule has 2 aromatic carbocycles. The van der Waals surface area contributed by atoms with Gasteiger partial charge in [-0.2, -0.15) is 0 Å². The van der Waals surface area contributed by atoms with Crippen molar-refractivity contribution in [2.75, 3.05) is 6.54 Å². The van der Waals surface area contributed by atoms with Gasteiger partial charge in [0.25, 0.3) is 0 Å². The summed E-state index contributed by atoms with van der Waals surface area (Å²) in [4.78, 5) is 55.3. The number of carbonyl (C=O) groups excluding carboxylic acids is 3. The maximum Gasteiger partial charge on any atom is 0.326 e. The van der Waals surface area contributed by atoms with E-state index < -0.39 is 47.9 Å². The first-order valence-electron chi connectivity index (χ1n) is 14.4. The summed E-state index contributed by atoms with van der Waals surface area (Å²) < 4.78 is 0. The summed E-state index contributed by atoms with van der Waals surface area (Å²) in [5.74, 6) is -3.20. The number of carboxylic acid groups (broad SMARTS) is 1. The van der Waals surface area contributed by atoms with Crippen LogP contribution in [-0.2, 0) is 32.0 Å². The summed E-state index contributed by atoms with van der Waals surface area (Å²) >= 11 is 0. The number of para-hydroxylation sites is 1. The highest BCUT2D eigenvalue weighted by Gasteiger charge is 2.31. The molecule has 12 heteroatoms. The Morgan fingerprint density at radius 3 is 2.07 bits per heavy atom. The van der Waals surface area contributed by atoms with Crippen LogP contribution < -0.4 is 27.4 Å². The molecule has 0 aliphatic rings. The van der Waals surface area contributed by atoms with Gasteiger partial charge in [0.2, 0.25) is 17.7 Å². The average Bonchev–Trinajstić information content (AvgIpc) is 3.39. The number of carbonyl (C=O) groups is 4. The van der Waals surface area contributed by atoms with E-state index >= 15 is 0 Å². The molecule has 0 aliphatic heterocycles. The van der Waals surface area contributed by atoms with E-state index in [2.05, 4.69) is 20.9 Å². The Balaban J connectivity index is 1.89. The van der Waals surface area contributed by atoms with Crippen molar-refractivity contribution in [2.45, 2.75) is 70.1 Å². The first-order valence-corrected chi connectivity index (χ1v) is 14.4. The lowest BCUT2D eigenvalue weighted by Crippen LogP contribution is -2.58. The Kier molecular flexibility index (Phi) is 12.1. The highest BCUT2D eigenvalue weighted by atomic mass is 16.4. The fourth-order valence-corrected chi connectivity index (χ4v) is 4.67. The maximum atomic E-state index is 13.8. The number of aromatic amines is 1. The first kappa shape index (κ1) is 33.1. The predicted octanol–water partition coefficient (Wildman–Crippen LogP) is 1.31. The van der Waals surface area contributed by atoms with Crippen molar-refractivity contribution >= 4 is 34.6 Å². The molecule has 0 radical (unpaired) electrons. The van der Waals surface area contributed by atoms with Crippen LogP contribution in [0.15, 0.2) is 54.7 Å². The molecule has 3 aromatic rings. The lowest BCUT2D eigenvalue weighted by Gasteiger charge is -2.26. The number of phenols is 1. The number of hydrogen-bond acceptors (Lipinski definition) is 7. The van der Waals surface area contributed by atoms with Crippen molar-refractivity contribution in [1.29, 1.82) is 0 Å². The number of H-pyrrole nitrogens is 1. The molecule has 0 spiro atoms.